The highest BCUT2D eigenvalue weighted by Crippen LogP contribution is 2.43. The Labute approximate surface area is 182 Å². The Balaban J connectivity index is 2.34. The number of nitrogens with zero attached hydrogens (tertiary/aromatic N) is 1. The van der Waals surface area contributed by atoms with Crippen molar-refractivity contribution in [2.45, 2.75) is 92.9 Å². The highest BCUT2D eigenvalue weighted by atomic mass is 16.2. The highest BCUT2D eigenvalue weighted by molar-refractivity contribution is 6.00. The third-order valence-electron chi connectivity index (χ3n) is 6.26. The number of anilines is 2. The molecule has 5 heteroatoms. The molecule has 5 nitrogen and oxygen atoms in total. The maximum atomic E-state index is 12.9. The number of carbonyl (C=O) groups is 2. The average Bonchev–Trinajstić information content (AvgIpc) is 3.08. The van der Waals surface area contributed by atoms with Crippen LogP contribution < -0.4 is 16.0 Å². The number of hydrogen-bond acceptors (Lipinski definition) is 3. The summed E-state index contributed by atoms with van der Waals surface area (Å²) in [5.74, 6) is -0.343. The number of nitrogens with two attached hydrogens (primary N) is 1. The Morgan fingerprint density at radius 2 is 1.67 bits per heavy atom. The van der Waals surface area contributed by atoms with E-state index in [9.17, 15) is 9.59 Å². The van der Waals surface area contributed by atoms with Gasteiger partial charge in [-0.3, -0.25) is 9.59 Å². The van der Waals surface area contributed by atoms with Gasteiger partial charge >= 0.3 is 0 Å². The van der Waals surface area contributed by atoms with Gasteiger partial charge in [0.25, 0.3) is 0 Å². The number of benzene rings is 1. The number of carbonyl (C=O) groups excluding carboxylic acids is 2. The molecule has 2 amide bonds. The molecule has 0 aromatic heterocycles. The van der Waals surface area contributed by atoms with Crippen molar-refractivity contribution in [1.29, 1.82) is 0 Å². The van der Waals surface area contributed by atoms with Crippen molar-refractivity contribution in [2.75, 3.05) is 23.3 Å². The third kappa shape index (κ3) is 5.77. The molecule has 0 bridgehead atoms. The van der Waals surface area contributed by atoms with E-state index in [4.69, 9.17) is 5.73 Å². The van der Waals surface area contributed by atoms with Crippen LogP contribution in [0.25, 0.3) is 0 Å². The lowest BCUT2D eigenvalue weighted by Gasteiger charge is -2.28. The number of nitrogens with one attached hydrogen (secondary N) is 1. The topological polar surface area (TPSA) is 75.4 Å². The van der Waals surface area contributed by atoms with Gasteiger partial charge in [0.2, 0.25) is 11.8 Å². The van der Waals surface area contributed by atoms with Crippen molar-refractivity contribution in [1.82, 2.24) is 0 Å². The predicted molar refractivity (Wildman–Crippen MR) is 126 cm³/mol. The van der Waals surface area contributed by atoms with Gasteiger partial charge in [0.15, 0.2) is 0 Å². The van der Waals surface area contributed by atoms with Crippen molar-refractivity contribution in [3.05, 3.63) is 22.3 Å². The molecule has 1 aromatic carbocycles. The van der Waals surface area contributed by atoms with E-state index >= 15 is 0 Å². The molecule has 0 saturated heterocycles. The summed E-state index contributed by atoms with van der Waals surface area (Å²) in [7, 11) is 0. The molecule has 1 heterocycles. The average molecular weight is 416 g/mol. The fourth-order valence-corrected chi connectivity index (χ4v) is 4.33. The van der Waals surface area contributed by atoms with Gasteiger partial charge < -0.3 is 16.0 Å². The van der Waals surface area contributed by atoms with Crippen LogP contribution in [0.2, 0.25) is 0 Å². The van der Waals surface area contributed by atoms with E-state index in [1.807, 2.05) is 27.7 Å². The minimum atomic E-state index is -0.489. The second kappa shape index (κ2) is 10.3. The molecule has 0 spiro atoms. The molecule has 3 N–H and O–H groups in total. The molecule has 0 radical (unpaired) electrons. The Morgan fingerprint density at radius 3 is 2.27 bits per heavy atom. The fourth-order valence-electron chi connectivity index (χ4n) is 4.33. The van der Waals surface area contributed by atoms with Crippen LogP contribution in [0.15, 0.2) is 0 Å². The Bertz CT molecular complexity index is 778. The van der Waals surface area contributed by atoms with Crippen LogP contribution in [-0.4, -0.2) is 24.9 Å². The van der Waals surface area contributed by atoms with E-state index in [-0.39, 0.29) is 18.2 Å². The van der Waals surface area contributed by atoms with Gasteiger partial charge in [-0.2, -0.15) is 0 Å². The van der Waals surface area contributed by atoms with Crippen molar-refractivity contribution in [3.63, 3.8) is 0 Å². The first-order valence-corrected chi connectivity index (χ1v) is 11.6. The first-order valence-electron chi connectivity index (χ1n) is 11.6. The van der Waals surface area contributed by atoms with E-state index in [0.29, 0.717) is 0 Å². The zero-order valence-electron chi connectivity index (χ0n) is 19.9. The van der Waals surface area contributed by atoms with Gasteiger partial charge in [-0.25, -0.2) is 0 Å². The summed E-state index contributed by atoms with van der Waals surface area (Å²) in [6.07, 6.45) is 8.75. The van der Waals surface area contributed by atoms with E-state index in [2.05, 4.69) is 24.1 Å². The van der Waals surface area contributed by atoms with Crippen molar-refractivity contribution >= 4 is 23.2 Å². The largest absolute Gasteiger partial charge is 0.369 e. The minimum absolute atomic E-state index is 0.00639. The molecular formula is C25H41N3O2. The smallest absolute Gasteiger partial charge is 0.229 e. The van der Waals surface area contributed by atoms with E-state index in [1.54, 1.807) is 0 Å². The highest BCUT2D eigenvalue weighted by Gasteiger charge is 2.31. The molecule has 168 valence electrons. The molecule has 2 rings (SSSR count). The van der Waals surface area contributed by atoms with Crippen LogP contribution in [0.4, 0.5) is 11.4 Å². The molecule has 0 atom stereocenters. The Kier molecular flexibility index (Phi) is 8.34. The van der Waals surface area contributed by atoms with Crippen LogP contribution >= 0.6 is 0 Å². The van der Waals surface area contributed by atoms with Crippen LogP contribution in [0, 0.1) is 19.3 Å². The van der Waals surface area contributed by atoms with Crippen molar-refractivity contribution in [3.8, 4) is 0 Å². The molecule has 0 unspecified atom stereocenters. The summed E-state index contributed by atoms with van der Waals surface area (Å²) in [6.45, 7) is 14.1. The van der Waals surface area contributed by atoms with Crippen LogP contribution in [0.1, 0.15) is 88.5 Å². The SMILES string of the molecule is CCCCCCCCN1CCc2c(C)c(CC(N)=O)c(C)c(NC(=O)C(C)(C)C)c21. The van der Waals surface area contributed by atoms with Gasteiger partial charge in [-0.05, 0) is 48.9 Å². The lowest BCUT2D eigenvalue weighted by atomic mass is 9.90. The molecule has 1 aliphatic heterocycles. The van der Waals surface area contributed by atoms with Crippen LogP contribution in [0.3, 0.4) is 0 Å². The maximum absolute atomic E-state index is 12.9. The molecule has 0 aliphatic carbocycles. The van der Waals surface area contributed by atoms with Gasteiger partial charge in [0.05, 0.1) is 17.8 Å². The summed E-state index contributed by atoms with van der Waals surface area (Å²) in [6, 6.07) is 0. The summed E-state index contributed by atoms with van der Waals surface area (Å²) in [5, 5.41) is 3.21. The zero-order chi connectivity index (χ0) is 22.5. The molecule has 1 aromatic rings. The predicted octanol–water partition coefficient (Wildman–Crippen LogP) is 5.04. The van der Waals surface area contributed by atoms with Gasteiger partial charge in [0.1, 0.15) is 0 Å². The van der Waals surface area contributed by atoms with E-state index in [0.717, 1.165) is 54.0 Å². The number of hydrogen-bond donors (Lipinski definition) is 2. The molecule has 0 fully saturated rings. The number of unbranched alkanes of at least 4 members (excludes halogenated alkanes) is 5. The summed E-state index contributed by atoms with van der Waals surface area (Å²) >= 11 is 0. The minimum Gasteiger partial charge on any atom is -0.369 e. The van der Waals surface area contributed by atoms with Crippen molar-refractivity contribution in [2.24, 2.45) is 11.1 Å². The van der Waals surface area contributed by atoms with E-state index in [1.165, 1.54) is 37.7 Å². The monoisotopic (exact) mass is 415 g/mol. The standard InChI is InChI=1S/C25H41N3O2/c1-7-8-9-10-11-12-14-28-15-13-19-17(2)20(16-21(26)29)18(3)22(23(19)28)27-24(30)25(4,5)6/h7-16H2,1-6H3,(H2,26,29)(H,27,30). The summed E-state index contributed by atoms with van der Waals surface area (Å²) in [5.41, 5.74) is 11.4. The second-order valence-electron chi connectivity index (χ2n) is 9.78. The normalized spacial score (nSPS) is 13.5. The number of rotatable bonds is 10. The quantitative estimate of drug-likeness (QED) is 0.526. The summed E-state index contributed by atoms with van der Waals surface area (Å²) < 4.78 is 0. The molecular weight excluding hydrogens is 374 g/mol. The molecule has 30 heavy (non-hydrogen) atoms. The molecule has 1 aliphatic rings. The number of amides is 2. The number of fused-ring (bicyclic) bond motifs is 1. The third-order valence-corrected chi connectivity index (χ3v) is 6.26. The first-order chi connectivity index (χ1) is 14.1. The molecule has 0 saturated carbocycles. The lowest BCUT2D eigenvalue weighted by molar-refractivity contribution is -0.123. The maximum Gasteiger partial charge on any atom is 0.229 e. The summed E-state index contributed by atoms with van der Waals surface area (Å²) in [4.78, 5) is 27.0. The Morgan fingerprint density at radius 1 is 1.03 bits per heavy atom. The van der Waals surface area contributed by atoms with E-state index < -0.39 is 5.41 Å². The fraction of sp³-hybridized carbons (Fsp3) is 0.680. The lowest BCUT2D eigenvalue weighted by Crippen LogP contribution is -2.30. The zero-order valence-corrected chi connectivity index (χ0v) is 19.9. The second-order valence-corrected chi connectivity index (χ2v) is 9.78. The van der Waals surface area contributed by atoms with Gasteiger partial charge in [-0.15, -0.1) is 0 Å². The first kappa shape index (κ1) is 24.2. The van der Waals surface area contributed by atoms with Gasteiger partial charge in [-0.1, -0.05) is 59.8 Å². The van der Waals surface area contributed by atoms with Gasteiger partial charge in [0, 0.05) is 18.5 Å². The van der Waals surface area contributed by atoms with Crippen LogP contribution in [-0.2, 0) is 22.4 Å². The number of primary amides is 1. The van der Waals surface area contributed by atoms with Crippen LogP contribution in [0.5, 0.6) is 0 Å². The Hall–Kier alpha value is -2.04. The van der Waals surface area contributed by atoms with Crippen molar-refractivity contribution < 1.29 is 9.59 Å².